The van der Waals surface area contributed by atoms with Crippen LogP contribution in [0.15, 0.2) is 0 Å². The van der Waals surface area contributed by atoms with Gasteiger partial charge in [0.15, 0.2) is 0 Å². The third-order valence-corrected chi connectivity index (χ3v) is 4.58. The molecule has 1 saturated heterocycles. The third-order valence-electron chi connectivity index (χ3n) is 4.58. The molecule has 19 heavy (non-hydrogen) atoms. The highest BCUT2D eigenvalue weighted by Crippen LogP contribution is 2.38. The number of fused-ring (bicyclic) bond motifs is 2. The van der Waals surface area contributed by atoms with Crippen molar-refractivity contribution >= 4 is 11.9 Å². The predicted octanol–water partition coefficient (Wildman–Crippen LogP) is 2.56. The van der Waals surface area contributed by atoms with Crippen LogP contribution in [0.5, 0.6) is 0 Å². The Balaban J connectivity index is 1.84. The SMILES string of the molecule is CCC(C)(C)C(=O)OCC1CC2COC(=O)C(C2)C1. The second-order valence-electron chi connectivity index (χ2n) is 6.60. The monoisotopic (exact) mass is 268 g/mol. The fourth-order valence-electron chi connectivity index (χ4n) is 2.88. The molecule has 3 atom stereocenters. The number of carbonyl (C=O) groups excluding carboxylic acids is 2. The van der Waals surface area contributed by atoms with E-state index in [2.05, 4.69) is 0 Å². The number of hydrogen-bond acceptors (Lipinski definition) is 4. The average molecular weight is 268 g/mol. The van der Waals surface area contributed by atoms with E-state index in [-0.39, 0.29) is 17.9 Å². The predicted molar refractivity (Wildman–Crippen MR) is 70.3 cm³/mol. The van der Waals surface area contributed by atoms with Gasteiger partial charge in [-0.05, 0) is 51.4 Å². The molecular formula is C15H24O4. The summed E-state index contributed by atoms with van der Waals surface area (Å²) in [4.78, 5) is 23.5. The number of hydrogen-bond donors (Lipinski definition) is 0. The molecule has 1 aliphatic carbocycles. The molecule has 0 aromatic heterocycles. The minimum atomic E-state index is -0.413. The van der Waals surface area contributed by atoms with E-state index in [1.807, 2.05) is 20.8 Å². The molecule has 1 saturated carbocycles. The topological polar surface area (TPSA) is 52.6 Å². The second kappa shape index (κ2) is 5.51. The maximum Gasteiger partial charge on any atom is 0.311 e. The van der Waals surface area contributed by atoms with Crippen LogP contribution in [0.1, 0.15) is 46.5 Å². The second-order valence-corrected chi connectivity index (χ2v) is 6.60. The summed E-state index contributed by atoms with van der Waals surface area (Å²) in [5, 5.41) is 0. The van der Waals surface area contributed by atoms with E-state index < -0.39 is 5.41 Å². The highest BCUT2D eigenvalue weighted by molar-refractivity contribution is 5.76. The first-order valence-corrected chi connectivity index (χ1v) is 7.26. The number of rotatable bonds is 4. The van der Waals surface area contributed by atoms with Gasteiger partial charge in [0.05, 0.1) is 24.5 Å². The molecule has 0 N–H and O–H groups in total. The highest BCUT2D eigenvalue weighted by atomic mass is 16.5. The zero-order valence-corrected chi connectivity index (χ0v) is 12.1. The number of esters is 2. The third kappa shape index (κ3) is 3.28. The van der Waals surface area contributed by atoms with Gasteiger partial charge in [-0.2, -0.15) is 0 Å². The van der Waals surface area contributed by atoms with Gasteiger partial charge in [0.25, 0.3) is 0 Å². The van der Waals surface area contributed by atoms with Crippen molar-refractivity contribution in [1.82, 2.24) is 0 Å². The Morgan fingerprint density at radius 3 is 2.79 bits per heavy atom. The maximum absolute atomic E-state index is 11.9. The van der Waals surface area contributed by atoms with Crippen molar-refractivity contribution in [2.45, 2.75) is 46.5 Å². The minimum absolute atomic E-state index is 0.0235. The molecule has 4 heteroatoms. The van der Waals surface area contributed by atoms with Crippen LogP contribution in [0.3, 0.4) is 0 Å². The van der Waals surface area contributed by atoms with E-state index in [1.165, 1.54) is 0 Å². The van der Waals surface area contributed by atoms with Crippen LogP contribution >= 0.6 is 0 Å². The van der Waals surface area contributed by atoms with Crippen LogP contribution in [0.4, 0.5) is 0 Å². The summed E-state index contributed by atoms with van der Waals surface area (Å²) >= 11 is 0. The van der Waals surface area contributed by atoms with E-state index in [9.17, 15) is 9.59 Å². The van der Waals surface area contributed by atoms with Crippen molar-refractivity contribution in [1.29, 1.82) is 0 Å². The molecule has 0 spiro atoms. The van der Waals surface area contributed by atoms with Crippen LogP contribution in [-0.4, -0.2) is 25.2 Å². The van der Waals surface area contributed by atoms with Gasteiger partial charge in [-0.25, -0.2) is 0 Å². The molecule has 0 aromatic carbocycles. The summed E-state index contributed by atoms with van der Waals surface area (Å²) < 4.78 is 10.6. The molecule has 1 heterocycles. The number of ether oxygens (including phenoxy) is 2. The average Bonchev–Trinajstić information content (AvgIpc) is 2.40. The van der Waals surface area contributed by atoms with Crippen molar-refractivity contribution in [2.75, 3.05) is 13.2 Å². The Hall–Kier alpha value is -1.06. The Bertz CT molecular complexity index is 361. The van der Waals surface area contributed by atoms with E-state index in [0.717, 1.165) is 25.7 Å². The van der Waals surface area contributed by atoms with Crippen LogP contribution in [0, 0.1) is 23.2 Å². The van der Waals surface area contributed by atoms with Crippen molar-refractivity contribution in [3.63, 3.8) is 0 Å². The number of cyclic esters (lactones) is 1. The van der Waals surface area contributed by atoms with Crippen LogP contribution < -0.4 is 0 Å². The molecule has 2 fully saturated rings. The van der Waals surface area contributed by atoms with E-state index >= 15 is 0 Å². The fourth-order valence-corrected chi connectivity index (χ4v) is 2.88. The van der Waals surface area contributed by atoms with Gasteiger partial charge in [0.1, 0.15) is 0 Å². The van der Waals surface area contributed by atoms with Gasteiger partial charge < -0.3 is 9.47 Å². The summed E-state index contributed by atoms with van der Waals surface area (Å²) in [7, 11) is 0. The van der Waals surface area contributed by atoms with Crippen molar-refractivity contribution < 1.29 is 19.1 Å². The molecule has 1 aliphatic heterocycles. The lowest BCUT2D eigenvalue weighted by molar-refractivity contribution is -0.163. The summed E-state index contributed by atoms with van der Waals surface area (Å²) in [6.45, 7) is 6.79. The Labute approximate surface area is 114 Å². The lowest BCUT2D eigenvalue weighted by atomic mass is 9.74. The van der Waals surface area contributed by atoms with Gasteiger partial charge in [-0.15, -0.1) is 0 Å². The summed E-state index contributed by atoms with van der Waals surface area (Å²) in [6, 6.07) is 0. The lowest BCUT2D eigenvalue weighted by Crippen LogP contribution is -2.39. The van der Waals surface area contributed by atoms with Gasteiger partial charge in [0, 0.05) is 0 Å². The molecule has 3 unspecified atom stereocenters. The fraction of sp³-hybridized carbons (Fsp3) is 0.867. The van der Waals surface area contributed by atoms with Gasteiger partial charge in [0.2, 0.25) is 0 Å². The first-order chi connectivity index (χ1) is 8.92. The Morgan fingerprint density at radius 2 is 2.11 bits per heavy atom. The molecule has 2 aliphatic rings. The van der Waals surface area contributed by atoms with Gasteiger partial charge in [-0.1, -0.05) is 6.92 Å². The lowest BCUT2D eigenvalue weighted by Gasteiger charge is -2.37. The van der Waals surface area contributed by atoms with E-state index in [4.69, 9.17) is 9.47 Å². The summed E-state index contributed by atoms with van der Waals surface area (Å²) in [5.41, 5.74) is -0.413. The molecule has 4 nitrogen and oxygen atoms in total. The normalized spacial score (nSPS) is 30.7. The summed E-state index contributed by atoms with van der Waals surface area (Å²) in [6.07, 6.45) is 3.52. The Kier molecular flexibility index (Phi) is 4.16. The molecule has 0 amide bonds. The van der Waals surface area contributed by atoms with Crippen molar-refractivity contribution in [2.24, 2.45) is 23.2 Å². The van der Waals surface area contributed by atoms with Crippen LogP contribution in [0.2, 0.25) is 0 Å². The Morgan fingerprint density at radius 1 is 1.37 bits per heavy atom. The van der Waals surface area contributed by atoms with E-state index in [0.29, 0.717) is 25.0 Å². The largest absolute Gasteiger partial charge is 0.465 e. The van der Waals surface area contributed by atoms with Gasteiger partial charge in [-0.3, -0.25) is 9.59 Å². The molecular weight excluding hydrogens is 244 g/mol. The smallest absolute Gasteiger partial charge is 0.311 e. The minimum Gasteiger partial charge on any atom is -0.465 e. The first kappa shape index (κ1) is 14.4. The van der Waals surface area contributed by atoms with Gasteiger partial charge >= 0.3 is 11.9 Å². The number of carbonyl (C=O) groups is 2. The quantitative estimate of drug-likeness (QED) is 0.735. The molecule has 108 valence electrons. The standard InChI is InChI=1S/C15H24O4/c1-4-15(2,3)14(17)19-9-11-5-10-6-12(7-11)13(16)18-8-10/h10-12H,4-9H2,1-3H3. The van der Waals surface area contributed by atoms with Crippen molar-refractivity contribution in [3.05, 3.63) is 0 Å². The van der Waals surface area contributed by atoms with E-state index in [1.54, 1.807) is 0 Å². The van der Waals surface area contributed by atoms with Crippen molar-refractivity contribution in [3.8, 4) is 0 Å². The summed E-state index contributed by atoms with van der Waals surface area (Å²) in [5.74, 6) is 0.595. The van der Waals surface area contributed by atoms with Crippen LogP contribution in [-0.2, 0) is 19.1 Å². The zero-order valence-electron chi connectivity index (χ0n) is 12.1. The maximum atomic E-state index is 11.9. The molecule has 2 rings (SSSR count). The molecule has 2 bridgehead atoms. The van der Waals surface area contributed by atoms with Crippen LogP contribution in [0.25, 0.3) is 0 Å². The first-order valence-electron chi connectivity index (χ1n) is 7.26. The molecule has 0 radical (unpaired) electrons. The zero-order chi connectivity index (χ0) is 14.0. The molecule has 0 aromatic rings. The highest BCUT2D eigenvalue weighted by Gasteiger charge is 2.39.